The van der Waals surface area contributed by atoms with Gasteiger partial charge in [-0.3, -0.25) is 4.79 Å². The van der Waals surface area contributed by atoms with Gasteiger partial charge in [-0.25, -0.2) is 4.98 Å². The number of amides is 1. The normalized spacial score (nSPS) is 12.6. The first-order valence-electron chi connectivity index (χ1n) is 8.29. The lowest BCUT2D eigenvalue weighted by Crippen LogP contribution is -2.17. The molecular formula is C18H20N6O2. The van der Waals surface area contributed by atoms with E-state index in [4.69, 9.17) is 16.9 Å². The lowest BCUT2D eigenvalue weighted by atomic mass is 10.2. The van der Waals surface area contributed by atoms with E-state index in [0.29, 0.717) is 31.3 Å². The second-order valence-electron chi connectivity index (χ2n) is 5.67. The van der Waals surface area contributed by atoms with Crippen LogP contribution in [0.5, 0.6) is 5.75 Å². The first-order valence-corrected chi connectivity index (χ1v) is 8.29. The molecule has 1 aromatic carbocycles. The molecule has 0 fully saturated rings. The van der Waals surface area contributed by atoms with Crippen molar-refractivity contribution in [3.8, 4) is 18.1 Å². The first kappa shape index (κ1) is 17.4. The van der Waals surface area contributed by atoms with Crippen molar-refractivity contribution < 1.29 is 9.53 Å². The number of benzene rings is 1. The molecule has 1 aliphatic heterocycles. The van der Waals surface area contributed by atoms with Gasteiger partial charge in [0.25, 0.3) is 5.91 Å². The summed E-state index contributed by atoms with van der Waals surface area (Å²) >= 11 is 0. The molecule has 134 valence electrons. The fraction of sp³-hybridized carbons (Fsp3) is 0.278. The maximum Gasteiger partial charge on any atom is 0.254 e. The number of ether oxygens (including phenoxy) is 1. The molecule has 1 amide bonds. The summed E-state index contributed by atoms with van der Waals surface area (Å²) in [5, 5.41) is 9.46. The number of rotatable bonds is 6. The van der Waals surface area contributed by atoms with Crippen LogP contribution >= 0.6 is 0 Å². The zero-order valence-corrected chi connectivity index (χ0v) is 14.2. The molecule has 0 saturated heterocycles. The van der Waals surface area contributed by atoms with Gasteiger partial charge in [0, 0.05) is 31.4 Å². The number of carbonyl (C=O) groups excluding carboxylic acids is 1. The fourth-order valence-electron chi connectivity index (χ4n) is 2.49. The number of aromatic nitrogens is 2. The van der Waals surface area contributed by atoms with Crippen LogP contribution in [0, 0.1) is 12.3 Å². The molecule has 8 nitrogen and oxygen atoms in total. The maximum absolute atomic E-state index is 11.5. The second-order valence-corrected chi connectivity index (χ2v) is 5.67. The summed E-state index contributed by atoms with van der Waals surface area (Å²) in [6, 6.07) is 5.69. The molecule has 26 heavy (non-hydrogen) atoms. The van der Waals surface area contributed by atoms with Crippen molar-refractivity contribution >= 4 is 29.0 Å². The Morgan fingerprint density at radius 2 is 2.35 bits per heavy atom. The zero-order chi connectivity index (χ0) is 18.4. The van der Waals surface area contributed by atoms with Gasteiger partial charge in [0.1, 0.15) is 11.6 Å². The van der Waals surface area contributed by atoms with Gasteiger partial charge in [0.2, 0.25) is 5.95 Å². The molecule has 1 aromatic heterocycles. The highest BCUT2D eigenvalue weighted by Crippen LogP contribution is 2.30. The van der Waals surface area contributed by atoms with E-state index in [2.05, 4.69) is 31.8 Å². The van der Waals surface area contributed by atoms with Gasteiger partial charge in [-0.15, -0.1) is 12.3 Å². The number of hydrogen-bond acceptors (Lipinski definition) is 7. The maximum atomic E-state index is 11.5. The summed E-state index contributed by atoms with van der Waals surface area (Å²) in [5.74, 6) is 3.42. The molecule has 1 aliphatic rings. The van der Waals surface area contributed by atoms with E-state index in [-0.39, 0.29) is 5.56 Å². The Hall–Kier alpha value is -3.47. The van der Waals surface area contributed by atoms with Crippen molar-refractivity contribution in [1.82, 2.24) is 9.97 Å². The SMILES string of the molecule is C#CCCNc1nc(Nc2ccc3c(c2)NCCCO3)ncc1C(N)=O. The first-order chi connectivity index (χ1) is 12.7. The Bertz CT molecular complexity index is 846. The average Bonchev–Trinajstić information content (AvgIpc) is 2.87. The topological polar surface area (TPSA) is 114 Å². The summed E-state index contributed by atoms with van der Waals surface area (Å²) in [6.07, 6.45) is 8.08. The van der Waals surface area contributed by atoms with Gasteiger partial charge in [-0.2, -0.15) is 4.98 Å². The van der Waals surface area contributed by atoms with Crippen LogP contribution in [0.15, 0.2) is 24.4 Å². The van der Waals surface area contributed by atoms with E-state index < -0.39 is 5.91 Å². The van der Waals surface area contributed by atoms with E-state index in [0.717, 1.165) is 30.1 Å². The summed E-state index contributed by atoms with van der Waals surface area (Å²) in [6.45, 7) is 2.02. The van der Waals surface area contributed by atoms with Crippen LogP contribution in [0.25, 0.3) is 0 Å². The van der Waals surface area contributed by atoms with Gasteiger partial charge < -0.3 is 26.4 Å². The summed E-state index contributed by atoms with van der Waals surface area (Å²) in [7, 11) is 0. The molecule has 2 aromatic rings. The van der Waals surface area contributed by atoms with E-state index in [9.17, 15) is 4.79 Å². The highest BCUT2D eigenvalue weighted by molar-refractivity contribution is 5.97. The van der Waals surface area contributed by atoms with Crippen LogP contribution in [0.2, 0.25) is 0 Å². The van der Waals surface area contributed by atoms with E-state index >= 15 is 0 Å². The van der Waals surface area contributed by atoms with Crippen molar-refractivity contribution in [2.24, 2.45) is 5.73 Å². The van der Waals surface area contributed by atoms with E-state index in [1.165, 1.54) is 6.20 Å². The Morgan fingerprint density at radius 3 is 3.15 bits per heavy atom. The van der Waals surface area contributed by atoms with Crippen LogP contribution in [-0.2, 0) is 0 Å². The number of nitrogens with one attached hydrogen (secondary N) is 3. The Balaban J connectivity index is 1.81. The van der Waals surface area contributed by atoms with Gasteiger partial charge in [-0.1, -0.05) is 0 Å². The summed E-state index contributed by atoms with van der Waals surface area (Å²) in [5.41, 5.74) is 7.29. The van der Waals surface area contributed by atoms with Crippen molar-refractivity contribution in [1.29, 1.82) is 0 Å². The van der Waals surface area contributed by atoms with Crippen molar-refractivity contribution in [2.75, 3.05) is 35.6 Å². The predicted octanol–water partition coefficient (Wildman–Crippen LogP) is 1.95. The molecule has 0 radical (unpaired) electrons. The third kappa shape index (κ3) is 4.13. The van der Waals surface area contributed by atoms with Crippen LogP contribution in [0.1, 0.15) is 23.2 Å². The summed E-state index contributed by atoms with van der Waals surface area (Å²) in [4.78, 5) is 20.0. The quantitative estimate of drug-likeness (QED) is 0.464. The second kappa shape index (κ2) is 8.07. The predicted molar refractivity (Wildman–Crippen MR) is 101 cm³/mol. The third-order valence-electron chi connectivity index (χ3n) is 3.75. The number of nitrogens with two attached hydrogens (primary N) is 1. The number of primary amides is 1. The molecule has 0 aliphatic carbocycles. The van der Waals surface area contributed by atoms with Crippen molar-refractivity contribution in [3.63, 3.8) is 0 Å². The zero-order valence-electron chi connectivity index (χ0n) is 14.2. The van der Waals surface area contributed by atoms with E-state index in [1.807, 2.05) is 18.2 Å². The Kier molecular flexibility index (Phi) is 5.39. The molecule has 0 unspecified atom stereocenters. The minimum absolute atomic E-state index is 0.213. The Labute approximate surface area is 151 Å². The number of terminal acetylenes is 1. The number of carbonyl (C=O) groups is 1. The van der Waals surface area contributed by atoms with Gasteiger partial charge in [0.05, 0.1) is 17.9 Å². The molecule has 0 saturated carbocycles. The lowest BCUT2D eigenvalue weighted by molar-refractivity contribution is 0.100. The molecule has 0 bridgehead atoms. The van der Waals surface area contributed by atoms with Gasteiger partial charge in [0.15, 0.2) is 0 Å². The van der Waals surface area contributed by atoms with Crippen LogP contribution in [0.4, 0.5) is 23.1 Å². The minimum Gasteiger partial charge on any atom is -0.491 e. The average molecular weight is 352 g/mol. The largest absolute Gasteiger partial charge is 0.491 e. The van der Waals surface area contributed by atoms with E-state index in [1.54, 1.807) is 0 Å². The highest BCUT2D eigenvalue weighted by atomic mass is 16.5. The third-order valence-corrected chi connectivity index (χ3v) is 3.75. The highest BCUT2D eigenvalue weighted by Gasteiger charge is 2.13. The van der Waals surface area contributed by atoms with Gasteiger partial charge in [-0.05, 0) is 24.6 Å². The van der Waals surface area contributed by atoms with Crippen LogP contribution < -0.4 is 26.4 Å². The van der Waals surface area contributed by atoms with Crippen molar-refractivity contribution in [2.45, 2.75) is 12.8 Å². The monoisotopic (exact) mass is 352 g/mol. The smallest absolute Gasteiger partial charge is 0.254 e. The molecular weight excluding hydrogens is 332 g/mol. The number of hydrogen-bond donors (Lipinski definition) is 4. The fourth-order valence-corrected chi connectivity index (χ4v) is 2.49. The van der Waals surface area contributed by atoms with Crippen LogP contribution in [0.3, 0.4) is 0 Å². The number of nitrogens with zero attached hydrogens (tertiary/aromatic N) is 2. The minimum atomic E-state index is -0.605. The molecule has 3 rings (SSSR count). The molecule has 2 heterocycles. The Morgan fingerprint density at radius 1 is 1.46 bits per heavy atom. The summed E-state index contributed by atoms with van der Waals surface area (Å²) < 4.78 is 5.67. The number of fused-ring (bicyclic) bond motifs is 1. The van der Waals surface area contributed by atoms with Gasteiger partial charge >= 0.3 is 0 Å². The molecule has 0 spiro atoms. The lowest BCUT2D eigenvalue weighted by Gasteiger charge is -2.13. The molecule has 5 N–H and O–H groups in total. The molecule has 0 atom stereocenters. The van der Waals surface area contributed by atoms with Crippen molar-refractivity contribution in [3.05, 3.63) is 30.0 Å². The molecule has 8 heteroatoms. The standard InChI is InChI=1S/C18H20N6O2/c1-2-3-7-21-17-13(16(19)25)11-22-18(24-17)23-12-5-6-15-14(10-12)20-8-4-9-26-15/h1,5-6,10-11,20H,3-4,7-9H2,(H2,19,25)(H2,21,22,23,24). The number of anilines is 4. The van der Waals surface area contributed by atoms with Crippen LogP contribution in [-0.4, -0.2) is 35.6 Å².